The molecule has 2 atom stereocenters. The molecule has 2 unspecified atom stereocenters. The number of hydrogen-bond donors (Lipinski definition) is 3. The summed E-state index contributed by atoms with van der Waals surface area (Å²) in [5.41, 5.74) is 12.5. The zero-order valence-corrected chi connectivity index (χ0v) is 26.6. The molecule has 0 aliphatic rings. The Morgan fingerprint density at radius 1 is 0.564 bits per heavy atom. The Labute approximate surface area is 236 Å². The molecule has 3 rings (SSSR count). The molecule has 0 saturated carbocycles. The summed E-state index contributed by atoms with van der Waals surface area (Å²) in [5, 5.41) is 31.9. The van der Waals surface area contributed by atoms with Gasteiger partial charge in [0.2, 0.25) is 0 Å². The molecule has 0 saturated heterocycles. The number of phenolic OH excluding ortho intramolecular Hbond substituents is 3. The first-order valence-electron chi connectivity index (χ1n) is 14.2. The van der Waals surface area contributed by atoms with E-state index in [9.17, 15) is 15.3 Å². The lowest BCUT2D eigenvalue weighted by atomic mass is 9.62. The number of hydrogen-bond acceptors (Lipinski definition) is 3. The minimum absolute atomic E-state index is 0.177. The van der Waals surface area contributed by atoms with Crippen molar-refractivity contribution in [3.63, 3.8) is 0 Å². The van der Waals surface area contributed by atoms with E-state index in [1.54, 1.807) is 0 Å². The van der Waals surface area contributed by atoms with Crippen molar-refractivity contribution in [3.8, 4) is 17.2 Å². The Balaban J connectivity index is 2.23. The third-order valence-electron chi connectivity index (χ3n) is 9.71. The number of benzene rings is 3. The maximum atomic E-state index is 10.7. The molecule has 0 aliphatic carbocycles. The van der Waals surface area contributed by atoms with Crippen LogP contribution < -0.4 is 0 Å². The summed E-state index contributed by atoms with van der Waals surface area (Å²) in [5.74, 6) is 1.41. The number of aromatic hydroxyl groups is 3. The summed E-state index contributed by atoms with van der Waals surface area (Å²) in [6.45, 7) is 27.7. The predicted octanol–water partition coefficient (Wildman–Crippen LogP) is 9.40. The van der Waals surface area contributed by atoms with Crippen molar-refractivity contribution < 1.29 is 15.3 Å². The van der Waals surface area contributed by atoms with Crippen LogP contribution in [-0.4, -0.2) is 15.3 Å². The monoisotopic (exact) mass is 530 g/mol. The van der Waals surface area contributed by atoms with Crippen molar-refractivity contribution in [1.29, 1.82) is 0 Å². The van der Waals surface area contributed by atoms with Gasteiger partial charge in [0.05, 0.1) is 0 Å². The summed E-state index contributed by atoms with van der Waals surface area (Å²) < 4.78 is 0. The highest BCUT2D eigenvalue weighted by Gasteiger charge is 2.39. The Morgan fingerprint density at radius 3 is 1.44 bits per heavy atom. The number of phenols is 3. The highest BCUT2D eigenvalue weighted by molar-refractivity contribution is 5.54. The van der Waals surface area contributed by atoms with Gasteiger partial charge in [0.1, 0.15) is 17.2 Å². The zero-order chi connectivity index (χ0) is 29.8. The molecule has 0 aliphatic heterocycles. The number of aryl methyl sites for hydroxylation is 3. The summed E-state index contributed by atoms with van der Waals surface area (Å²) in [6.07, 6.45) is 1.81. The van der Waals surface area contributed by atoms with E-state index in [0.717, 1.165) is 62.9 Å². The molecule has 0 heterocycles. The van der Waals surface area contributed by atoms with E-state index in [4.69, 9.17) is 0 Å². The van der Waals surface area contributed by atoms with Gasteiger partial charge in [0, 0.05) is 0 Å². The Hall–Kier alpha value is -2.94. The van der Waals surface area contributed by atoms with E-state index in [2.05, 4.69) is 66.7 Å². The fourth-order valence-electron chi connectivity index (χ4n) is 7.21. The molecule has 0 bridgehead atoms. The van der Waals surface area contributed by atoms with Crippen molar-refractivity contribution in [2.45, 2.75) is 120 Å². The lowest BCUT2D eigenvalue weighted by Crippen LogP contribution is -2.35. The largest absolute Gasteiger partial charge is 0.507 e. The van der Waals surface area contributed by atoms with Gasteiger partial charge in [-0.05, 0) is 159 Å². The van der Waals surface area contributed by atoms with E-state index in [0.29, 0.717) is 17.2 Å². The van der Waals surface area contributed by atoms with E-state index in [1.165, 1.54) is 16.7 Å². The molecule has 0 radical (unpaired) electrons. The van der Waals surface area contributed by atoms with Gasteiger partial charge in [-0.3, -0.25) is 0 Å². The third kappa shape index (κ3) is 5.42. The molecular formula is C36H50O3. The second-order valence-corrected chi connectivity index (χ2v) is 13.3. The van der Waals surface area contributed by atoms with Crippen LogP contribution in [0.1, 0.15) is 113 Å². The summed E-state index contributed by atoms with van der Waals surface area (Å²) in [6, 6.07) is 6.52. The van der Waals surface area contributed by atoms with Crippen molar-refractivity contribution >= 4 is 0 Å². The van der Waals surface area contributed by atoms with Gasteiger partial charge in [-0.2, -0.15) is 0 Å². The molecule has 3 N–H and O–H groups in total. The highest BCUT2D eigenvalue weighted by atomic mass is 16.3. The molecule has 3 heteroatoms. The van der Waals surface area contributed by atoms with Crippen molar-refractivity contribution in [2.75, 3.05) is 0 Å². The second kappa shape index (κ2) is 10.6. The molecule has 212 valence electrons. The first kappa shape index (κ1) is 30.6. The van der Waals surface area contributed by atoms with Crippen LogP contribution in [0.25, 0.3) is 0 Å². The first-order chi connectivity index (χ1) is 17.8. The average Bonchev–Trinajstić information content (AvgIpc) is 2.85. The molecular weight excluding hydrogens is 480 g/mol. The molecule has 0 spiro atoms. The van der Waals surface area contributed by atoms with Crippen LogP contribution in [0, 0.1) is 62.3 Å². The van der Waals surface area contributed by atoms with Gasteiger partial charge < -0.3 is 15.3 Å². The maximum absolute atomic E-state index is 10.7. The molecule has 0 fully saturated rings. The maximum Gasteiger partial charge on any atom is 0.121 e. The molecule has 39 heavy (non-hydrogen) atoms. The van der Waals surface area contributed by atoms with E-state index in [1.807, 2.05) is 41.5 Å². The minimum Gasteiger partial charge on any atom is -0.507 e. The van der Waals surface area contributed by atoms with Crippen LogP contribution in [0.15, 0.2) is 18.2 Å². The molecule has 3 nitrogen and oxygen atoms in total. The first-order valence-corrected chi connectivity index (χ1v) is 14.2. The van der Waals surface area contributed by atoms with Crippen LogP contribution in [0.4, 0.5) is 0 Å². The third-order valence-corrected chi connectivity index (χ3v) is 9.71. The van der Waals surface area contributed by atoms with E-state index in [-0.39, 0.29) is 16.7 Å². The van der Waals surface area contributed by atoms with Gasteiger partial charge in [-0.15, -0.1) is 0 Å². The van der Waals surface area contributed by atoms with Crippen molar-refractivity contribution in [3.05, 3.63) is 85.0 Å². The lowest BCUT2D eigenvalue weighted by Gasteiger charge is -2.42. The van der Waals surface area contributed by atoms with Gasteiger partial charge in [-0.25, -0.2) is 0 Å². The average molecular weight is 531 g/mol. The molecule has 3 aromatic rings. The summed E-state index contributed by atoms with van der Waals surface area (Å²) in [4.78, 5) is 0. The molecule has 3 aromatic carbocycles. The van der Waals surface area contributed by atoms with Crippen LogP contribution >= 0.6 is 0 Å². The molecule has 0 aromatic heterocycles. The van der Waals surface area contributed by atoms with E-state index < -0.39 is 0 Å². The quantitative estimate of drug-likeness (QED) is 0.285. The number of rotatable bonds is 7. The highest BCUT2D eigenvalue weighted by Crippen LogP contribution is 2.49. The fraction of sp³-hybridized carbons (Fsp3) is 0.500. The van der Waals surface area contributed by atoms with Crippen LogP contribution in [0.5, 0.6) is 17.2 Å². The smallest absolute Gasteiger partial charge is 0.121 e. The standard InChI is InChI=1S/C36H50O3/c1-19-14-29(23(5)26(8)32(19)37)22(4)17-36(13,31-16-21(3)34(39)28(10)25(31)7)18-35(11,12)30-15-20(2)33(38)27(9)24(30)6/h14-16,22,37-39H,17-18H2,1-13H3. The summed E-state index contributed by atoms with van der Waals surface area (Å²) >= 11 is 0. The van der Waals surface area contributed by atoms with Crippen LogP contribution in [-0.2, 0) is 10.8 Å². The van der Waals surface area contributed by atoms with E-state index >= 15 is 0 Å². The predicted molar refractivity (Wildman–Crippen MR) is 165 cm³/mol. The topological polar surface area (TPSA) is 60.7 Å². The normalized spacial score (nSPS) is 14.4. The van der Waals surface area contributed by atoms with Crippen molar-refractivity contribution in [1.82, 2.24) is 0 Å². The van der Waals surface area contributed by atoms with Gasteiger partial charge in [0.25, 0.3) is 0 Å². The SMILES string of the molecule is Cc1cc(C(C)CC(C)(CC(C)(C)c2cc(C)c(O)c(C)c2C)c2cc(C)c(O)c(C)c2C)c(C)c(C)c1O. The summed E-state index contributed by atoms with van der Waals surface area (Å²) in [7, 11) is 0. The minimum atomic E-state index is -0.214. The van der Waals surface area contributed by atoms with Gasteiger partial charge in [0.15, 0.2) is 0 Å². The van der Waals surface area contributed by atoms with Gasteiger partial charge >= 0.3 is 0 Å². The second-order valence-electron chi connectivity index (χ2n) is 13.3. The Kier molecular flexibility index (Phi) is 8.29. The van der Waals surface area contributed by atoms with Crippen LogP contribution in [0.2, 0.25) is 0 Å². The fourth-order valence-corrected chi connectivity index (χ4v) is 7.21. The van der Waals surface area contributed by atoms with Crippen molar-refractivity contribution in [2.24, 2.45) is 0 Å². The lowest BCUT2D eigenvalue weighted by molar-refractivity contribution is 0.290. The molecule has 0 amide bonds. The Morgan fingerprint density at radius 2 is 0.949 bits per heavy atom. The Bertz CT molecular complexity index is 1430. The zero-order valence-electron chi connectivity index (χ0n) is 26.6. The van der Waals surface area contributed by atoms with Gasteiger partial charge in [-0.1, -0.05) is 45.9 Å². The van der Waals surface area contributed by atoms with Crippen LogP contribution in [0.3, 0.4) is 0 Å².